The maximum absolute atomic E-state index is 9.44. The minimum Gasteiger partial charge on any atom is 0 e. The van der Waals surface area contributed by atoms with Gasteiger partial charge in [-0.05, 0) is 13.8 Å². The summed E-state index contributed by atoms with van der Waals surface area (Å²) < 4.78 is 0. The SMILES string of the molecule is CC(C)=O.[SrH2].[Ti]. The molecule has 0 aromatic rings. The topological polar surface area (TPSA) is 17.1 Å². The Morgan fingerprint density at radius 3 is 1.33 bits per heavy atom. The fourth-order valence-corrected chi connectivity index (χ4v) is 0. The van der Waals surface area contributed by atoms with Crippen LogP contribution in [-0.2, 0) is 26.5 Å². The molecule has 32 valence electrons. The Bertz CT molecular complexity index is 33.8. The van der Waals surface area contributed by atoms with Crippen molar-refractivity contribution in [3.63, 3.8) is 0 Å². The predicted octanol–water partition coefficient (Wildman–Crippen LogP) is -0.323. The van der Waals surface area contributed by atoms with E-state index in [1.807, 2.05) is 0 Å². The van der Waals surface area contributed by atoms with Crippen molar-refractivity contribution in [3.8, 4) is 0 Å². The van der Waals surface area contributed by atoms with E-state index < -0.39 is 0 Å². The summed E-state index contributed by atoms with van der Waals surface area (Å²) in [4.78, 5) is 9.44. The molecule has 0 amide bonds. The average molecular weight is 196 g/mol. The molecule has 0 spiro atoms. The fourth-order valence-electron chi connectivity index (χ4n) is 0. The second kappa shape index (κ2) is 9.98. The molecule has 0 N–H and O–H groups in total. The zero-order valence-corrected chi connectivity index (χ0v) is 4.97. The van der Waals surface area contributed by atoms with Gasteiger partial charge in [-0.1, -0.05) is 0 Å². The van der Waals surface area contributed by atoms with Crippen LogP contribution in [0.2, 0.25) is 0 Å². The first-order chi connectivity index (χ1) is 1.73. The van der Waals surface area contributed by atoms with Crippen LogP contribution in [0, 0.1) is 0 Å². The zero-order valence-electron chi connectivity index (χ0n) is 3.41. The second-order valence-electron chi connectivity index (χ2n) is 0.908. The number of Topliss-reactive ketones (excluding diaryl/α,β-unsaturated/α-hetero) is 1. The van der Waals surface area contributed by atoms with Gasteiger partial charge in [0.2, 0.25) is 0 Å². The fraction of sp³-hybridized carbons (Fsp3) is 0.667. The third kappa shape index (κ3) is 39.9. The normalized spacial score (nSPS) is 4.33. The number of carbonyl (C=O) groups is 1. The van der Waals surface area contributed by atoms with Gasteiger partial charge in [-0.2, -0.15) is 0 Å². The molecule has 0 bridgehead atoms. The monoisotopic (exact) mass is 196 g/mol. The van der Waals surface area contributed by atoms with E-state index in [2.05, 4.69) is 0 Å². The molecule has 0 saturated heterocycles. The van der Waals surface area contributed by atoms with Crippen molar-refractivity contribution in [2.45, 2.75) is 13.8 Å². The van der Waals surface area contributed by atoms with E-state index >= 15 is 0 Å². The third-order valence-corrected chi connectivity index (χ3v) is 0. The van der Waals surface area contributed by atoms with Gasteiger partial charge in [-0.15, -0.1) is 0 Å². The van der Waals surface area contributed by atoms with Gasteiger partial charge in [0, 0.05) is 21.7 Å². The molecule has 0 saturated carbocycles. The number of ketones is 1. The maximum atomic E-state index is 9.44. The molecule has 0 radical (unpaired) electrons. The molecule has 0 rings (SSSR count). The Kier molecular flexibility index (Phi) is 26.0. The molecule has 0 aromatic heterocycles. The van der Waals surface area contributed by atoms with E-state index in [0.29, 0.717) is 0 Å². The van der Waals surface area contributed by atoms with Crippen LogP contribution in [-0.4, -0.2) is 51.3 Å². The van der Waals surface area contributed by atoms with Crippen molar-refractivity contribution in [1.29, 1.82) is 0 Å². The quantitative estimate of drug-likeness (QED) is 0.484. The van der Waals surface area contributed by atoms with Gasteiger partial charge in [-0.3, -0.25) is 0 Å². The van der Waals surface area contributed by atoms with Crippen LogP contribution in [0.3, 0.4) is 0 Å². The minimum absolute atomic E-state index is 0. The summed E-state index contributed by atoms with van der Waals surface area (Å²) in [5.74, 6) is 0.167. The molecule has 0 aliphatic heterocycles. The Morgan fingerprint density at radius 1 is 1.33 bits per heavy atom. The smallest absolute Gasteiger partial charge is 0 e. The van der Waals surface area contributed by atoms with E-state index in [9.17, 15) is 4.79 Å². The van der Waals surface area contributed by atoms with Crippen LogP contribution in [0.25, 0.3) is 0 Å². The molecule has 0 fully saturated rings. The second-order valence-corrected chi connectivity index (χ2v) is 0.908. The van der Waals surface area contributed by atoms with E-state index in [1.54, 1.807) is 0 Å². The van der Waals surface area contributed by atoms with Crippen LogP contribution in [0.5, 0.6) is 0 Å². The van der Waals surface area contributed by atoms with Gasteiger partial charge >= 0.3 is 45.5 Å². The van der Waals surface area contributed by atoms with E-state index in [1.165, 1.54) is 13.8 Å². The van der Waals surface area contributed by atoms with Crippen molar-refractivity contribution in [2.75, 3.05) is 0 Å². The molecule has 0 aliphatic carbocycles. The summed E-state index contributed by atoms with van der Waals surface area (Å²) in [7, 11) is 0. The summed E-state index contributed by atoms with van der Waals surface area (Å²) >= 11 is 0. The first kappa shape index (κ1) is 15.7. The minimum atomic E-state index is 0. The summed E-state index contributed by atoms with van der Waals surface area (Å²) in [6.07, 6.45) is 0. The van der Waals surface area contributed by atoms with Gasteiger partial charge < -0.3 is 4.79 Å². The van der Waals surface area contributed by atoms with Crippen LogP contribution in [0.1, 0.15) is 13.8 Å². The largest absolute Gasteiger partial charge is 0 e. The van der Waals surface area contributed by atoms with Crippen molar-refractivity contribution in [2.24, 2.45) is 0 Å². The van der Waals surface area contributed by atoms with Gasteiger partial charge in [0.15, 0.2) is 0 Å². The predicted molar refractivity (Wildman–Crippen MR) is 24.9 cm³/mol. The Labute approximate surface area is 90.0 Å². The summed E-state index contributed by atoms with van der Waals surface area (Å²) in [6, 6.07) is 0. The first-order valence-corrected chi connectivity index (χ1v) is 1.20. The molecule has 0 aromatic carbocycles. The van der Waals surface area contributed by atoms with Crippen LogP contribution < -0.4 is 0 Å². The summed E-state index contributed by atoms with van der Waals surface area (Å²) in [5, 5.41) is 0. The number of hydrogen-bond acceptors (Lipinski definition) is 1. The average Bonchev–Trinajstić information content (AvgIpc) is 0.811. The summed E-state index contributed by atoms with van der Waals surface area (Å²) in [5.41, 5.74) is 0. The van der Waals surface area contributed by atoms with Crippen molar-refractivity contribution >= 4 is 51.3 Å². The van der Waals surface area contributed by atoms with Gasteiger partial charge in [-0.25, -0.2) is 0 Å². The molecule has 0 atom stereocenters. The van der Waals surface area contributed by atoms with Crippen molar-refractivity contribution in [3.05, 3.63) is 0 Å². The van der Waals surface area contributed by atoms with E-state index in [0.717, 1.165) is 0 Å². The molecule has 3 heteroatoms. The number of rotatable bonds is 0. The first-order valence-electron chi connectivity index (χ1n) is 1.20. The molecule has 0 heterocycles. The molecular formula is C3H8OSrTi. The Morgan fingerprint density at radius 2 is 1.33 bits per heavy atom. The van der Waals surface area contributed by atoms with E-state index in [-0.39, 0.29) is 73.0 Å². The van der Waals surface area contributed by atoms with Crippen molar-refractivity contribution < 1.29 is 26.5 Å². The molecule has 1 nitrogen and oxygen atoms in total. The van der Waals surface area contributed by atoms with Gasteiger partial charge in [0.25, 0.3) is 0 Å². The molecule has 0 aliphatic rings. The molecule has 6 heavy (non-hydrogen) atoms. The maximum Gasteiger partial charge on any atom is 0 e. The van der Waals surface area contributed by atoms with Gasteiger partial charge in [0.05, 0.1) is 0 Å². The van der Waals surface area contributed by atoms with Crippen molar-refractivity contribution in [1.82, 2.24) is 0 Å². The molecule has 0 unspecified atom stereocenters. The van der Waals surface area contributed by atoms with Gasteiger partial charge in [0.1, 0.15) is 5.78 Å². The van der Waals surface area contributed by atoms with Crippen LogP contribution in [0.15, 0.2) is 0 Å². The number of carbonyl (C=O) groups excluding carboxylic acids is 1. The Balaban J connectivity index is -0.0000000450. The standard InChI is InChI=1S/C3H6O.Sr.Ti.2H/c1-3(2)4;;;;/h1-2H3;;;;. The number of hydrogen-bond donors (Lipinski definition) is 0. The zero-order chi connectivity index (χ0) is 3.58. The summed E-state index contributed by atoms with van der Waals surface area (Å²) in [6.45, 7) is 3.06. The Hall–Kier alpha value is 1.86. The van der Waals surface area contributed by atoms with Crippen LogP contribution >= 0.6 is 0 Å². The van der Waals surface area contributed by atoms with E-state index in [4.69, 9.17) is 0 Å². The van der Waals surface area contributed by atoms with Crippen LogP contribution in [0.4, 0.5) is 0 Å². The third-order valence-electron chi connectivity index (χ3n) is 0. The molecular weight excluding hydrogens is 188 g/mol.